The first kappa shape index (κ1) is 19.6. The van der Waals surface area contributed by atoms with E-state index in [1.807, 2.05) is 61.7 Å². The standard InChI is InChI=1S/C24H19ClN4O/c1-15-20-8-9-28-24(20)21(25)11-22(15)29-23-17(13-27-14-18(23)12-26)7-6-16-4-3-5-19(10-16)30-2/h3-11,13-14,28H,1-2H3,(H,27,29). The topological polar surface area (TPSA) is 73.7 Å². The van der Waals surface area contributed by atoms with Crippen molar-refractivity contribution in [2.45, 2.75) is 6.92 Å². The summed E-state index contributed by atoms with van der Waals surface area (Å²) in [7, 11) is 1.64. The molecule has 0 amide bonds. The molecule has 0 fully saturated rings. The van der Waals surface area contributed by atoms with Crippen molar-refractivity contribution < 1.29 is 4.74 Å². The Kier molecular flexibility index (Phi) is 5.42. The highest BCUT2D eigenvalue weighted by molar-refractivity contribution is 6.35. The molecule has 2 aromatic heterocycles. The number of rotatable bonds is 5. The summed E-state index contributed by atoms with van der Waals surface area (Å²) < 4.78 is 5.28. The van der Waals surface area contributed by atoms with Crippen LogP contribution in [0.4, 0.5) is 11.4 Å². The largest absolute Gasteiger partial charge is 0.497 e. The fourth-order valence-corrected chi connectivity index (χ4v) is 3.62. The van der Waals surface area contributed by atoms with Gasteiger partial charge in [0.15, 0.2) is 0 Å². The molecule has 30 heavy (non-hydrogen) atoms. The van der Waals surface area contributed by atoms with E-state index in [-0.39, 0.29) is 0 Å². The number of aromatic nitrogens is 2. The molecule has 2 N–H and O–H groups in total. The fraction of sp³-hybridized carbons (Fsp3) is 0.0833. The third-order valence-corrected chi connectivity index (χ3v) is 5.27. The van der Waals surface area contributed by atoms with Gasteiger partial charge in [0.05, 0.1) is 28.9 Å². The van der Waals surface area contributed by atoms with E-state index in [0.29, 0.717) is 16.3 Å². The van der Waals surface area contributed by atoms with Crippen molar-refractivity contribution in [2.75, 3.05) is 12.4 Å². The number of nitriles is 1. The van der Waals surface area contributed by atoms with Crippen LogP contribution < -0.4 is 10.1 Å². The van der Waals surface area contributed by atoms with Gasteiger partial charge in [-0.25, -0.2) is 0 Å². The molecule has 0 saturated carbocycles. The zero-order valence-electron chi connectivity index (χ0n) is 16.5. The fourth-order valence-electron chi connectivity index (χ4n) is 3.35. The lowest BCUT2D eigenvalue weighted by atomic mass is 10.1. The van der Waals surface area contributed by atoms with Gasteiger partial charge in [0, 0.05) is 35.2 Å². The molecule has 0 unspecified atom stereocenters. The Morgan fingerprint density at radius 3 is 2.87 bits per heavy atom. The van der Waals surface area contributed by atoms with Crippen molar-refractivity contribution >= 4 is 46.0 Å². The van der Waals surface area contributed by atoms with Crippen LogP contribution in [-0.2, 0) is 0 Å². The van der Waals surface area contributed by atoms with E-state index < -0.39 is 0 Å². The number of aromatic amines is 1. The summed E-state index contributed by atoms with van der Waals surface area (Å²) in [6.07, 6.45) is 9.03. The molecule has 0 bridgehead atoms. The predicted octanol–water partition coefficient (Wildman–Crippen LogP) is 6.32. The lowest BCUT2D eigenvalue weighted by Gasteiger charge is -2.15. The Balaban J connectivity index is 1.76. The van der Waals surface area contributed by atoms with Gasteiger partial charge in [-0.3, -0.25) is 4.98 Å². The zero-order chi connectivity index (χ0) is 21.1. The molecule has 4 rings (SSSR count). The number of hydrogen-bond acceptors (Lipinski definition) is 4. The third kappa shape index (κ3) is 3.73. The molecule has 2 aromatic carbocycles. The summed E-state index contributed by atoms with van der Waals surface area (Å²) >= 11 is 6.45. The summed E-state index contributed by atoms with van der Waals surface area (Å²) in [5.41, 5.74) is 5.68. The molecule has 4 aromatic rings. The summed E-state index contributed by atoms with van der Waals surface area (Å²) in [5, 5.41) is 14.7. The van der Waals surface area contributed by atoms with Crippen molar-refractivity contribution in [3.8, 4) is 11.8 Å². The maximum Gasteiger partial charge on any atom is 0.119 e. The van der Waals surface area contributed by atoms with Crippen molar-refractivity contribution in [2.24, 2.45) is 0 Å². The molecular weight excluding hydrogens is 396 g/mol. The zero-order valence-corrected chi connectivity index (χ0v) is 17.3. The molecular formula is C24H19ClN4O. The first-order valence-corrected chi connectivity index (χ1v) is 9.72. The van der Waals surface area contributed by atoms with E-state index in [1.165, 1.54) is 0 Å². The average Bonchev–Trinajstić information content (AvgIpc) is 3.27. The average molecular weight is 415 g/mol. The minimum absolute atomic E-state index is 0.451. The Morgan fingerprint density at radius 1 is 1.20 bits per heavy atom. The predicted molar refractivity (Wildman–Crippen MR) is 122 cm³/mol. The van der Waals surface area contributed by atoms with Gasteiger partial charge in [0.2, 0.25) is 0 Å². The number of anilines is 2. The lowest BCUT2D eigenvalue weighted by Crippen LogP contribution is -2.00. The number of ether oxygens (including phenoxy) is 1. The highest BCUT2D eigenvalue weighted by atomic mass is 35.5. The molecule has 0 aliphatic heterocycles. The number of methoxy groups -OCH3 is 1. The number of aryl methyl sites for hydroxylation is 1. The number of nitrogens with zero attached hydrogens (tertiary/aromatic N) is 2. The quantitative estimate of drug-likeness (QED) is 0.400. The second-order valence-electron chi connectivity index (χ2n) is 6.80. The van der Waals surface area contributed by atoms with E-state index in [0.717, 1.165) is 39.0 Å². The summed E-state index contributed by atoms with van der Waals surface area (Å²) in [6, 6.07) is 13.8. The van der Waals surface area contributed by atoms with E-state index in [9.17, 15) is 5.26 Å². The Hall–Kier alpha value is -3.75. The molecule has 0 spiro atoms. The molecule has 2 heterocycles. The Labute approximate surface area is 179 Å². The van der Waals surface area contributed by atoms with Crippen LogP contribution in [0.2, 0.25) is 5.02 Å². The van der Waals surface area contributed by atoms with Gasteiger partial charge in [-0.05, 0) is 42.3 Å². The highest BCUT2D eigenvalue weighted by Gasteiger charge is 2.13. The van der Waals surface area contributed by atoms with Gasteiger partial charge in [0.1, 0.15) is 11.8 Å². The normalized spacial score (nSPS) is 11.0. The maximum absolute atomic E-state index is 9.64. The van der Waals surface area contributed by atoms with Crippen LogP contribution in [0, 0.1) is 18.3 Å². The molecule has 5 nitrogen and oxygen atoms in total. The van der Waals surface area contributed by atoms with Crippen LogP contribution in [0.3, 0.4) is 0 Å². The third-order valence-electron chi connectivity index (χ3n) is 4.97. The second kappa shape index (κ2) is 8.32. The van der Waals surface area contributed by atoms with Gasteiger partial charge < -0.3 is 15.0 Å². The van der Waals surface area contributed by atoms with Crippen LogP contribution >= 0.6 is 11.6 Å². The number of H-pyrrole nitrogens is 1. The number of benzene rings is 2. The molecule has 0 saturated heterocycles. The number of nitrogens with one attached hydrogen (secondary N) is 2. The summed E-state index contributed by atoms with van der Waals surface area (Å²) in [4.78, 5) is 7.37. The maximum atomic E-state index is 9.64. The second-order valence-corrected chi connectivity index (χ2v) is 7.20. The van der Waals surface area contributed by atoms with Crippen molar-refractivity contribution in [3.05, 3.63) is 82.3 Å². The van der Waals surface area contributed by atoms with E-state index >= 15 is 0 Å². The van der Waals surface area contributed by atoms with Gasteiger partial charge in [-0.15, -0.1) is 0 Å². The summed E-state index contributed by atoms with van der Waals surface area (Å²) in [5.74, 6) is 0.782. The van der Waals surface area contributed by atoms with Crippen LogP contribution in [0.15, 0.2) is 55.0 Å². The monoisotopic (exact) mass is 414 g/mol. The molecule has 148 valence electrons. The Bertz CT molecular complexity index is 1300. The van der Waals surface area contributed by atoms with Crippen LogP contribution in [-0.4, -0.2) is 17.1 Å². The molecule has 0 radical (unpaired) electrons. The number of hydrogen-bond donors (Lipinski definition) is 2. The minimum atomic E-state index is 0.451. The number of halogens is 1. The van der Waals surface area contributed by atoms with Crippen LogP contribution in [0.1, 0.15) is 22.3 Å². The van der Waals surface area contributed by atoms with Crippen molar-refractivity contribution in [3.63, 3.8) is 0 Å². The molecule has 0 aliphatic carbocycles. The molecule has 0 atom stereocenters. The van der Waals surface area contributed by atoms with E-state index in [2.05, 4.69) is 21.4 Å². The number of fused-ring (bicyclic) bond motifs is 1. The van der Waals surface area contributed by atoms with Gasteiger partial charge in [-0.2, -0.15) is 5.26 Å². The highest BCUT2D eigenvalue weighted by Crippen LogP contribution is 2.35. The van der Waals surface area contributed by atoms with Crippen LogP contribution in [0.25, 0.3) is 23.1 Å². The van der Waals surface area contributed by atoms with Crippen molar-refractivity contribution in [1.82, 2.24) is 9.97 Å². The SMILES string of the molecule is COc1cccc(C=Cc2cncc(C#N)c2Nc2cc(Cl)c3[nH]ccc3c2C)c1. The first-order chi connectivity index (χ1) is 14.6. The molecule has 0 aliphatic rings. The first-order valence-electron chi connectivity index (χ1n) is 9.34. The molecule has 6 heteroatoms. The van der Waals surface area contributed by atoms with Crippen molar-refractivity contribution in [1.29, 1.82) is 5.26 Å². The number of pyridine rings is 1. The minimum Gasteiger partial charge on any atom is -0.497 e. The van der Waals surface area contributed by atoms with Crippen LogP contribution in [0.5, 0.6) is 5.75 Å². The smallest absolute Gasteiger partial charge is 0.119 e. The lowest BCUT2D eigenvalue weighted by molar-refractivity contribution is 0.414. The van der Waals surface area contributed by atoms with Gasteiger partial charge in [0.25, 0.3) is 0 Å². The van der Waals surface area contributed by atoms with E-state index in [1.54, 1.807) is 19.5 Å². The summed E-state index contributed by atoms with van der Waals surface area (Å²) in [6.45, 7) is 2.02. The van der Waals surface area contributed by atoms with E-state index in [4.69, 9.17) is 16.3 Å². The Morgan fingerprint density at radius 2 is 2.07 bits per heavy atom. The van der Waals surface area contributed by atoms with Gasteiger partial charge >= 0.3 is 0 Å². The van der Waals surface area contributed by atoms with Gasteiger partial charge in [-0.1, -0.05) is 35.9 Å².